The van der Waals surface area contributed by atoms with E-state index < -0.39 is 6.09 Å². The lowest BCUT2D eigenvalue weighted by atomic mass is 10.1. The van der Waals surface area contributed by atoms with Crippen molar-refractivity contribution in [1.82, 2.24) is 9.88 Å². The third-order valence-corrected chi connectivity index (χ3v) is 5.06. The molecule has 0 fully saturated rings. The minimum Gasteiger partial charge on any atom is -0.410 e. The Morgan fingerprint density at radius 3 is 2.56 bits per heavy atom. The normalized spacial score (nSPS) is 14.6. The molecule has 5 rings (SSSR count). The first-order chi connectivity index (χ1) is 13.1. The van der Waals surface area contributed by atoms with Gasteiger partial charge in [0.05, 0.1) is 0 Å². The van der Waals surface area contributed by atoms with E-state index in [0.29, 0.717) is 5.75 Å². The lowest BCUT2D eigenvalue weighted by Crippen LogP contribution is -2.21. The van der Waals surface area contributed by atoms with Gasteiger partial charge in [-0.1, -0.05) is 18.2 Å². The van der Waals surface area contributed by atoms with Gasteiger partial charge < -0.3 is 14.6 Å². The van der Waals surface area contributed by atoms with E-state index in [1.165, 1.54) is 22.4 Å². The maximum absolute atomic E-state index is 11.4. The van der Waals surface area contributed by atoms with E-state index in [9.17, 15) is 4.79 Å². The molecule has 0 saturated carbocycles. The van der Waals surface area contributed by atoms with Gasteiger partial charge >= 0.3 is 6.09 Å². The summed E-state index contributed by atoms with van der Waals surface area (Å²) in [5.41, 5.74) is 7.69. The fourth-order valence-electron chi connectivity index (χ4n) is 3.70. The Hall–Kier alpha value is -3.08. The van der Waals surface area contributed by atoms with Crippen LogP contribution in [0.5, 0.6) is 5.75 Å². The van der Waals surface area contributed by atoms with Crippen molar-refractivity contribution in [2.45, 2.75) is 19.8 Å². The molecule has 0 saturated heterocycles. The van der Waals surface area contributed by atoms with E-state index in [1.807, 2.05) is 18.2 Å². The van der Waals surface area contributed by atoms with E-state index >= 15 is 0 Å². The van der Waals surface area contributed by atoms with Gasteiger partial charge in [-0.15, -0.1) is 0 Å². The van der Waals surface area contributed by atoms with E-state index in [1.54, 1.807) is 7.05 Å². The molecule has 0 unspecified atom stereocenters. The molecule has 3 aliphatic rings. The average molecular weight is 361 g/mol. The fraction of sp³-hybridized carbons (Fsp3) is 0.273. The zero-order valence-electron chi connectivity index (χ0n) is 15.9. The van der Waals surface area contributed by atoms with Crippen molar-refractivity contribution < 1.29 is 9.53 Å². The maximum Gasteiger partial charge on any atom is 0.412 e. The summed E-state index contributed by atoms with van der Waals surface area (Å²) in [7, 11) is 3.63. The molecule has 3 aliphatic carbocycles. The molecule has 138 valence electrons. The first-order valence-electron chi connectivity index (χ1n) is 9.27. The fourth-order valence-corrected chi connectivity index (χ4v) is 3.70. The summed E-state index contributed by atoms with van der Waals surface area (Å²) in [5.74, 6) is 0.554. The van der Waals surface area contributed by atoms with Crippen LogP contribution >= 0.6 is 0 Å². The first-order valence-corrected chi connectivity index (χ1v) is 9.27. The highest BCUT2D eigenvalue weighted by molar-refractivity contribution is 6.14. The van der Waals surface area contributed by atoms with Gasteiger partial charge in [-0.2, -0.15) is 0 Å². The third-order valence-electron chi connectivity index (χ3n) is 5.06. The molecule has 0 radical (unpaired) electrons. The molecular formula is C22H23N3O2. The summed E-state index contributed by atoms with van der Waals surface area (Å²) in [4.78, 5) is 16.0. The summed E-state index contributed by atoms with van der Waals surface area (Å²) in [6, 6.07) is 14.2. The second-order valence-corrected chi connectivity index (χ2v) is 6.70. The molecule has 5 heteroatoms. The second kappa shape index (κ2) is 6.91. The molecule has 1 aromatic carbocycles. The average Bonchev–Trinajstić information content (AvgIpc) is 3.01. The molecule has 1 N–H and O–H groups in total. The van der Waals surface area contributed by atoms with Crippen LogP contribution in [0.2, 0.25) is 0 Å². The quantitative estimate of drug-likeness (QED) is 0.578. The number of nitrogens with one attached hydrogen (secondary N) is 1. The van der Waals surface area contributed by atoms with E-state index in [0.717, 1.165) is 36.0 Å². The van der Waals surface area contributed by atoms with Crippen LogP contribution in [0.1, 0.15) is 24.6 Å². The number of hydrogen-bond donors (Lipinski definition) is 1. The Morgan fingerprint density at radius 2 is 1.96 bits per heavy atom. The van der Waals surface area contributed by atoms with Gasteiger partial charge in [-0.05, 0) is 55.2 Å². The molecule has 1 heterocycles. The highest BCUT2D eigenvalue weighted by atomic mass is 16.5. The van der Waals surface area contributed by atoms with Crippen LogP contribution in [0.25, 0.3) is 22.0 Å². The number of aromatic nitrogens is 1. The number of carbonyl (C=O) groups is 1. The van der Waals surface area contributed by atoms with Crippen LogP contribution in [-0.2, 0) is 13.5 Å². The summed E-state index contributed by atoms with van der Waals surface area (Å²) in [5, 5.41) is 3.57. The minimum atomic E-state index is -0.454. The summed E-state index contributed by atoms with van der Waals surface area (Å²) in [6.07, 6.45) is 1.55. The van der Waals surface area contributed by atoms with E-state index in [4.69, 9.17) is 4.74 Å². The number of nitrogens with zero attached hydrogens (tertiary/aromatic N) is 2. The monoisotopic (exact) mass is 361 g/mol. The van der Waals surface area contributed by atoms with Crippen LogP contribution in [0.15, 0.2) is 47.5 Å². The SMILES string of the molecule is CCN=C1CCc2c1c1cc(OC(=O)NC)ccc1n2C.c1cc2cc-2c1. The molecule has 27 heavy (non-hydrogen) atoms. The Balaban J connectivity index is 0.000000250. The Bertz CT molecular complexity index is 1050. The van der Waals surface area contributed by atoms with Crippen molar-refractivity contribution in [2.75, 3.05) is 13.6 Å². The van der Waals surface area contributed by atoms with Gasteiger partial charge in [0, 0.05) is 48.5 Å². The van der Waals surface area contributed by atoms with Crippen LogP contribution in [0.3, 0.4) is 0 Å². The van der Waals surface area contributed by atoms with Gasteiger partial charge in [0.25, 0.3) is 0 Å². The largest absolute Gasteiger partial charge is 0.412 e. The van der Waals surface area contributed by atoms with Crippen molar-refractivity contribution >= 4 is 22.7 Å². The number of fused-ring (bicyclic) bond motifs is 4. The molecule has 2 aromatic rings. The van der Waals surface area contributed by atoms with Crippen molar-refractivity contribution in [1.29, 1.82) is 0 Å². The number of benzene rings is 2. The summed E-state index contributed by atoms with van der Waals surface area (Å²) < 4.78 is 7.45. The van der Waals surface area contributed by atoms with Crippen molar-refractivity contribution in [3.63, 3.8) is 0 Å². The second-order valence-electron chi connectivity index (χ2n) is 6.70. The predicted octanol–water partition coefficient (Wildman–Crippen LogP) is 4.32. The maximum atomic E-state index is 11.4. The number of aryl methyl sites for hydroxylation is 1. The van der Waals surface area contributed by atoms with Crippen molar-refractivity contribution in [3.05, 3.63) is 53.7 Å². The highest BCUT2D eigenvalue weighted by Crippen LogP contribution is 2.35. The lowest BCUT2D eigenvalue weighted by Gasteiger charge is -2.05. The zero-order chi connectivity index (χ0) is 19.0. The van der Waals surface area contributed by atoms with Gasteiger partial charge in [-0.25, -0.2) is 4.79 Å². The van der Waals surface area contributed by atoms with Crippen molar-refractivity contribution in [3.8, 4) is 16.9 Å². The van der Waals surface area contributed by atoms with Crippen LogP contribution in [0, 0.1) is 0 Å². The number of hydrogen-bond acceptors (Lipinski definition) is 3. The zero-order valence-corrected chi connectivity index (χ0v) is 15.9. The number of ether oxygens (including phenoxy) is 1. The number of amides is 1. The van der Waals surface area contributed by atoms with Crippen LogP contribution < -0.4 is 10.1 Å². The Labute approximate surface area is 158 Å². The topological polar surface area (TPSA) is 55.6 Å². The van der Waals surface area contributed by atoms with E-state index in [2.05, 4.69) is 53.1 Å². The molecule has 0 bridgehead atoms. The number of rotatable bonds is 2. The minimum absolute atomic E-state index is 0.454. The predicted molar refractivity (Wildman–Crippen MR) is 109 cm³/mol. The highest BCUT2D eigenvalue weighted by Gasteiger charge is 2.25. The third kappa shape index (κ3) is 3.21. The van der Waals surface area contributed by atoms with Gasteiger partial charge in [0.2, 0.25) is 0 Å². The molecule has 1 aromatic heterocycles. The Morgan fingerprint density at radius 1 is 1.19 bits per heavy atom. The summed E-state index contributed by atoms with van der Waals surface area (Å²) in [6.45, 7) is 2.84. The molecule has 0 spiro atoms. The lowest BCUT2D eigenvalue weighted by molar-refractivity contribution is 0.203. The van der Waals surface area contributed by atoms with Gasteiger partial charge in [-0.3, -0.25) is 4.99 Å². The smallest absolute Gasteiger partial charge is 0.410 e. The summed E-state index contributed by atoms with van der Waals surface area (Å²) >= 11 is 0. The molecule has 0 aliphatic heterocycles. The van der Waals surface area contributed by atoms with Crippen LogP contribution in [0.4, 0.5) is 4.79 Å². The van der Waals surface area contributed by atoms with Crippen molar-refractivity contribution in [2.24, 2.45) is 12.0 Å². The van der Waals surface area contributed by atoms with E-state index in [-0.39, 0.29) is 0 Å². The van der Waals surface area contributed by atoms with Crippen LogP contribution in [-0.4, -0.2) is 30.0 Å². The first kappa shape index (κ1) is 17.3. The molecule has 1 amide bonds. The van der Waals surface area contributed by atoms with Gasteiger partial charge in [0.1, 0.15) is 5.75 Å². The molecule has 0 atom stereocenters. The molecular weight excluding hydrogens is 338 g/mol. The Kier molecular flexibility index (Phi) is 4.44. The van der Waals surface area contributed by atoms with Gasteiger partial charge in [0.15, 0.2) is 0 Å². The number of carbonyl (C=O) groups excluding carboxylic acids is 1. The molecule has 5 nitrogen and oxygen atoms in total. The number of aliphatic imine (C=N–C) groups is 1. The standard InChI is InChI=1S/C16H19N3O2.C6H4/c1-4-18-12-6-8-14-15(12)11-9-10(21-16(20)17-2)5-7-13(11)19(14)3;1-2-5-4-6(5)3-1/h5,7,9H,4,6,8H2,1-3H3,(H,17,20);1-4H.